The van der Waals surface area contributed by atoms with E-state index in [1.165, 1.54) is 0 Å². The molecular weight excluding hydrogens is 176 g/mol. The van der Waals surface area contributed by atoms with Crippen LogP contribution in [0.25, 0.3) is 0 Å². The molecule has 2 unspecified atom stereocenters. The highest BCUT2D eigenvalue weighted by atomic mass is 16.6. The molecule has 1 rings (SSSR count). The Morgan fingerprint density at radius 1 is 1.46 bits per heavy atom. The van der Waals surface area contributed by atoms with Gasteiger partial charge in [-0.15, -0.1) is 0 Å². The summed E-state index contributed by atoms with van der Waals surface area (Å²) < 4.78 is 15.2. The minimum Gasteiger partial charge on any atom is -0.394 e. The molecule has 1 heterocycles. The zero-order chi connectivity index (χ0) is 9.68. The maximum atomic E-state index is 9.50. The lowest BCUT2D eigenvalue weighted by atomic mass is 10.1. The Labute approximate surface area is 77.2 Å². The van der Waals surface area contributed by atoms with Crippen LogP contribution in [0.3, 0.4) is 0 Å². The van der Waals surface area contributed by atoms with Gasteiger partial charge in [0.25, 0.3) is 0 Å². The molecule has 78 valence electrons. The van der Waals surface area contributed by atoms with Gasteiger partial charge in [-0.3, -0.25) is 0 Å². The van der Waals surface area contributed by atoms with Crippen molar-refractivity contribution in [3.05, 3.63) is 0 Å². The minimum atomic E-state index is -0.734. The van der Waals surface area contributed by atoms with Gasteiger partial charge in [0.2, 0.25) is 0 Å². The highest BCUT2D eigenvalue weighted by molar-refractivity contribution is 4.83. The molecule has 0 aromatic carbocycles. The monoisotopic (exact) mass is 192 g/mol. The zero-order valence-electron chi connectivity index (χ0n) is 7.68. The highest BCUT2D eigenvalue weighted by Crippen LogP contribution is 2.16. The summed E-state index contributed by atoms with van der Waals surface area (Å²) in [4.78, 5) is 0. The molecule has 0 aliphatic carbocycles. The summed E-state index contributed by atoms with van der Waals surface area (Å²) in [6.45, 7) is 1.08. The maximum absolute atomic E-state index is 9.50. The molecule has 5 heteroatoms. The molecule has 1 aliphatic rings. The standard InChI is InChI=1S/C8H16O5/c1-11-2-3-12-7-5-13-6(4-9)8(7)10/h6-10H,2-5H2,1H3/t6-,7?,8?/m1/s1. The Morgan fingerprint density at radius 2 is 2.23 bits per heavy atom. The van der Waals surface area contributed by atoms with Gasteiger partial charge in [0.1, 0.15) is 18.3 Å². The van der Waals surface area contributed by atoms with Gasteiger partial charge >= 0.3 is 0 Å². The third-order valence-electron chi connectivity index (χ3n) is 2.04. The van der Waals surface area contributed by atoms with Crippen molar-refractivity contribution in [3.8, 4) is 0 Å². The second kappa shape index (κ2) is 5.51. The third kappa shape index (κ3) is 2.89. The minimum absolute atomic E-state index is 0.175. The number of hydrogen-bond donors (Lipinski definition) is 2. The fourth-order valence-electron chi connectivity index (χ4n) is 1.25. The van der Waals surface area contributed by atoms with Crippen LogP contribution in [0.5, 0.6) is 0 Å². The van der Waals surface area contributed by atoms with Crippen LogP contribution in [0.15, 0.2) is 0 Å². The highest BCUT2D eigenvalue weighted by Gasteiger charge is 2.35. The van der Waals surface area contributed by atoms with E-state index in [0.29, 0.717) is 19.8 Å². The van der Waals surface area contributed by atoms with Gasteiger partial charge in [-0.1, -0.05) is 0 Å². The molecule has 0 spiro atoms. The van der Waals surface area contributed by atoms with E-state index < -0.39 is 12.2 Å². The van der Waals surface area contributed by atoms with Crippen molar-refractivity contribution in [3.63, 3.8) is 0 Å². The van der Waals surface area contributed by atoms with Crippen molar-refractivity contribution in [2.45, 2.75) is 18.3 Å². The lowest BCUT2D eigenvalue weighted by Gasteiger charge is -2.15. The molecule has 0 radical (unpaired) electrons. The molecule has 1 saturated heterocycles. The summed E-state index contributed by atoms with van der Waals surface area (Å²) in [6, 6.07) is 0. The van der Waals surface area contributed by atoms with Crippen LogP contribution in [0, 0.1) is 0 Å². The quantitative estimate of drug-likeness (QED) is 0.534. The van der Waals surface area contributed by atoms with Crippen LogP contribution in [0.2, 0.25) is 0 Å². The van der Waals surface area contributed by atoms with E-state index in [1.54, 1.807) is 7.11 Å². The van der Waals surface area contributed by atoms with Crippen LogP contribution < -0.4 is 0 Å². The molecule has 3 atom stereocenters. The molecule has 0 saturated carbocycles. The topological polar surface area (TPSA) is 68.2 Å². The summed E-state index contributed by atoms with van der Waals surface area (Å²) in [6.07, 6.45) is -1.58. The Hall–Kier alpha value is -0.200. The van der Waals surface area contributed by atoms with Crippen molar-refractivity contribution in [2.24, 2.45) is 0 Å². The van der Waals surface area contributed by atoms with E-state index in [0.717, 1.165) is 0 Å². The summed E-state index contributed by atoms with van der Waals surface area (Å²) >= 11 is 0. The van der Waals surface area contributed by atoms with E-state index in [2.05, 4.69) is 0 Å². The maximum Gasteiger partial charge on any atom is 0.111 e. The van der Waals surface area contributed by atoms with Gasteiger partial charge in [-0.05, 0) is 0 Å². The van der Waals surface area contributed by atoms with Crippen LogP contribution in [-0.4, -0.2) is 62.1 Å². The SMILES string of the molecule is COCCOC1CO[C@H](CO)C1O. The van der Waals surface area contributed by atoms with E-state index in [-0.39, 0.29) is 12.7 Å². The average molecular weight is 192 g/mol. The number of methoxy groups -OCH3 is 1. The fourth-order valence-corrected chi connectivity index (χ4v) is 1.25. The second-order valence-electron chi connectivity index (χ2n) is 2.95. The predicted octanol–water partition coefficient (Wildman–Crippen LogP) is -1.23. The largest absolute Gasteiger partial charge is 0.394 e. The Bertz CT molecular complexity index is 140. The Morgan fingerprint density at radius 3 is 2.77 bits per heavy atom. The average Bonchev–Trinajstić information content (AvgIpc) is 2.48. The number of aliphatic hydroxyl groups is 2. The molecule has 0 aromatic heterocycles. The van der Waals surface area contributed by atoms with E-state index in [1.807, 2.05) is 0 Å². The summed E-state index contributed by atoms with van der Waals surface area (Å²) in [5.41, 5.74) is 0. The van der Waals surface area contributed by atoms with E-state index >= 15 is 0 Å². The molecule has 0 bridgehead atoms. The van der Waals surface area contributed by atoms with Gasteiger partial charge in [0.15, 0.2) is 0 Å². The third-order valence-corrected chi connectivity index (χ3v) is 2.04. The first kappa shape index (κ1) is 10.9. The molecule has 2 N–H and O–H groups in total. The van der Waals surface area contributed by atoms with Gasteiger partial charge in [-0.25, -0.2) is 0 Å². The summed E-state index contributed by atoms with van der Waals surface area (Å²) in [5.74, 6) is 0. The summed E-state index contributed by atoms with van der Waals surface area (Å²) in [7, 11) is 1.58. The first-order chi connectivity index (χ1) is 6.29. The fraction of sp³-hybridized carbons (Fsp3) is 1.00. The lowest BCUT2D eigenvalue weighted by Crippen LogP contribution is -2.34. The van der Waals surface area contributed by atoms with Crippen LogP contribution in [0.4, 0.5) is 0 Å². The Kier molecular flexibility index (Phi) is 4.61. The van der Waals surface area contributed by atoms with Gasteiger partial charge in [0, 0.05) is 7.11 Å². The number of ether oxygens (including phenoxy) is 3. The van der Waals surface area contributed by atoms with Gasteiger partial charge in [-0.2, -0.15) is 0 Å². The molecule has 0 aromatic rings. The molecule has 1 aliphatic heterocycles. The molecule has 0 amide bonds. The van der Waals surface area contributed by atoms with Crippen LogP contribution >= 0.6 is 0 Å². The number of rotatable bonds is 5. The van der Waals surface area contributed by atoms with Crippen molar-refractivity contribution in [1.29, 1.82) is 0 Å². The Balaban J connectivity index is 2.20. The molecule has 13 heavy (non-hydrogen) atoms. The first-order valence-electron chi connectivity index (χ1n) is 4.30. The number of aliphatic hydroxyl groups excluding tert-OH is 2. The van der Waals surface area contributed by atoms with Crippen molar-refractivity contribution >= 4 is 0 Å². The van der Waals surface area contributed by atoms with Gasteiger partial charge in [0.05, 0.1) is 26.4 Å². The summed E-state index contributed by atoms with van der Waals surface area (Å²) in [5, 5.41) is 18.3. The predicted molar refractivity (Wildman–Crippen MR) is 44.4 cm³/mol. The second-order valence-corrected chi connectivity index (χ2v) is 2.95. The molecule has 1 fully saturated rings. The van der Waals surface area contributed by atoms with Crippen molar-refractivity contribution in [2.75, 3.05) is 33.5 Å². The normalized spacial score (nSPS) is 33.9. The first-order valence-corrected chi connectivity index (χ1v) is 4.30. The van der Waals surface area contributed by atoms with E-state index in [4.69, 9.17) is 19.3 Å². The van der Waals surface area contributed by atoms with Crippen molar-refractivity contribution < 1.29 is 24.4 Å². The van der Waals surface area contributed by atoms with Crippen LogP contribution in [-0.2, 0) is 14.2 Å². The molecular formula is C8H16O5. The number of hydrogen-bond acceptors (Lipinski definition) is 5. The van der Waals surface area contributed by atoms with Gasteiger partial charge < -0.3 is 24.4 Å². The van der Waals surface area contributed by atoms with E-state index in [9.17, 15) is 5.11 Å². The van der Waals surface area contributed by atoms with Crippen LogP contribution in [0.1, 0.15) is 0 Å². The lowest BCUT2D eigenvalue weighted by molar-refractivity contribution is -0.0396. The van der Waals surface area contributed by atoms with Crippen molar-refractivity contribution in [1.82, 2.24) is 0 Å². The zero-order valence-corrected chi connectivity index (χ0v) is 7.68. The smallest absolute Gasteiger partial charge is 0.111 e. The molecule has 5 nitrogen and oxygen atoms in total.